The van der Waals surface area contributed by atoms with Gasteiger partial charge in [-0.05, 0) is 43.1 Å². The summed E-state index contributed by atoms with van der Waals surface area (Å²) in [5.41, 5.74) is 2.54. The minimum Gasteiger partial charge on any atom is -0.468 e. The van der Waals surface area contributed by atoms with Gasteiger partial charge in [-0.25, -0.2) is 0 Å². The lowest BCUT2D eigenvalue weighted by Crippen LogP contribution is -2.49. The lowest BCUT2D eigenvalue weighted by atomic mass is 10.1. The number of rotatable bonds is 9. The van der Waals surface area contributed by atoms with E-state index in [9.17, 15) is 4.79 Å². The van der Waals surface area contributed by atoms with Crippen molar-refractivity contribution in [2.75, 3.05) is 40.8 Å². The lowest BCUT2D eigenvalue weighted by molar-refractivity contribution is -0.122. The van der Waals surface area contributed by atoms with Crippen molar-refractivity contribution >= 4 is 35.8 Å². The van der Waals surface area contributed by atoms with E-state index < -0.39 is 0 Å². The molecule has 2 aromatic rings. The fraction of sp³-hybridized carbons (Fsp3) is 0.500. The van der Waals surface area contributed by atoms with E-state index in [1.165, 1.54) is 11.1 Å². The summed E-state index contributed by atoms with van der Waals surface area (Å²) in [6, 6.07) is 12.8. The lowest BCUT2D eigenvalue weighted by Gasteiger charge is -2.32. The quantitative estimate of drug-likeness (QED) is 0.245. The molecule has 1 aliphatic heterocycles. The zero-order valence-electron chi connectivity index (χ0n) is 19.8. The Labute approximate surface area is 214 Å². The molecule has 0 atom stereocenters. The number of carbonyl (C=O) groups excluding carboxylic acids is 1. The molecular weight excluding hydrogens is 531 g/mol. The minimum atomic E-state index is 0. The number of benzene rings is 1. The van der Waals surface area contributed by atoms with Crippen LogP contribution in [0.25, 0.3) is 0 Å². The number of amides is 1. The molecule has 2 heterocycles. The van der Waals surface area contributed by atoms with Gasteiger partial charge in [0.05, 0.1) is 19.4 Å². The van der Waals surface area contributed by atoms with Crippen molar-refractivity contribution in [3.63, 3.8) is 0 Å². The molecule has 0 radical (unpaired) electrons. The van der Waals surface area contributed by atoms with E-state index in [0.29, 0.717) is 19.1 Å². The molecule has 9 heteroatoms. The maximum Gasteiger partial charge on any atom is 0.233 e. The average molecular weight is 569 g/mol. The van der Waals surface area contributed by atoms with E-state index in [1.807, 2.05) is 12.1 Å². The van der Waals surface area contributed by atoms with Crippen LogP contribution in [0, 0.1) is 0 Å². The highest BCUT2D eigenvalue weighted by Gasteiger charge is 2.21. The van der Waals surface area contributed by atoms with Crippen LogP contribution in [0.5, 0.6) is 0 Å². The van der Waals surface area contributed by atoms with Crippen molar-refractivity contribution in [2.45, 2.75) is 38.5 Å². The minimum absolute atomic E-state index is 0. The predicted molar refractivity (Wildman–Crippen MR) is 143 cm³/mol. The fourth-order valence-corrected chi connectivity index (χ4v) is 3.98. The van der Waals surface area contributed by atoms with Crippen molar-refractivity contribution in [1.82, 2.24) is 25.8 Å². The van der Waals surface area contributed by atoms with E-state index in [2.05, 4.69) is 62.1 Å². The second-order valence-corrected chi connectivity index (χ2v) is 8.31. The molecule has 8 nitrogen and oxygen atoms in total. The molecule has 3 N–H and O–H groups in total. The predicted octanol–water partition coefficient (Wildman–Crippen LogP) is 2.41. The van der Waals surface area contributed by atoms with E-state index in [-0.39, 0.29) is 29.9 Å². The molecule has 0 unspecified atom stereocenters. The normalized spacial score (nSPS) is 15.2. The number of nitrogens with zero attached hydrogens (tertiary/aromatic N) is 3. The van der Waals surface area contributed by atoms with E-state index in [4.69, 9.17) is 4.42 Å². The van der Waals surface area contributed by atoms with Gasteiger partial charge in [0.15, 0.2) is 5.96 Å². The summed E-state index contributed by atoms with van der Waals surface area (Å²) in [6.45, 7) is 4.62. The number of carbonyl (C=O) groups is 1. The zero-order chi connectivity index (χ0) is 22.8. The summed E-state index contributed by atoms with van der Waals surface area (Å²) in [4.78, 5) is 20.4. The van der Waals surface area contributed by atoms with Gasteiger partial charge in [-0.1, -0.05) is 24.3 Å². The third-order valence-corrected chi connectivity index (χ3v) is 5.81. The van der Waals surface area contributed by atoms with Gasteiger partial charge in [-0.2, -0.15) is 0 Å². The van der Waals surface area contributed by atoms with Crippen LogP contribution in [0.15, 0.2) is 52.1 Å². The van der Waals surface area contributed by atoms with Crippen LogP contribution in [0.3, 0.4) is 0 Å². The smallest absolute Gasteiger partial charge is 0.233 e. The summed E-state index contributed by atoms with van der Waals surface area (Å²) in [6.07, 6.45) is 3.70. The molecule has 0 spiro atoms. The molecule has 1 saturated heterocycles. The van der Waals surface area contributed by atoms with Crippen LogP contribution in [0.4, 0.5) is 0 Å². The largest absolute Gasteiger partial charge is 0.468 e. The topological polar surface area (TPSA) is 85.1 Å². The number of furan rings is 1. The van der Waals surface area contributed by atoms with Gasteiger partial charge in [0, 0.05) is 46.3 Å². The maximum absolute atomic E-state index is 11.6. The van der Waals surface area contributed by atoms with Crippen molar-refractivity contribution in [3.8, 4) is 0 Å². The average Bonchev–Trinajstić information content (AvgIpc) is 3.31. The first kappa shape index (κ1) is 27.1. The van der Waals surface area contributed by atoms with Crippen LogP contribution >= 0.6 is 24.0 Å². The summed E-state index contributed by atoms with van der Waals surface area (Å²) in [5, 5.41) is 9.70. The molecule has 3 rings (SSSR count). The second kappa shape index (κ2) is 14.2. The van der Waals surface area contributed by atoms with Crippen molar-refractivity contribution in [3.05, 3.63) is 59.5 Å². The number of likely N-dealkylation sites (N-methyl/N-ethyl adjacent to an activating group) is 1. The first-order valence-electron chi connectivity index (χ1n) is 11.2. The van der Waals surface area contributed by atoms with Crippen LogP contribution in [-0.2, 0) is 24.4 Å². The standard InChI is InChI=1S/C24H36N6O2.HI/c1-25-23(31)18-30-12-10-21(11-13-30)28-24(26-2)27-15-19-7-4-5-8-20(19)16-29(3)17-22-9-6-14-32-22;/h4-9,14,21H,10-13,15-18H2,1-3H3,(H,25,31)(H2,26,27,28);1H. The highest BCUT2D eigenvalue weighted by Crippen LogP contribution is 2.14. The van der Waals surface area contributed by atoms with Gasteiger partial charge in [0.1, 0.15) is 5.76 Å². The number of likely N-dealkylation sites (tertiary alicyclic amines) is 1. The Bertz CT molecular complexity index is 866. The Balaban J connectivity index is 0.00000385. The number of hydrogen-bond acceptors (Lipinski definition) is 5. The van der Waals surface area contributed by atoms with Gasteiger partial charge < -0.3 is 20.4 Å². The van der Waals surface area contributed by atoms with E-state index in [0.717, 1.165) is 50.7 Å². The first-order valence-corrected chi connectivity index (χ1v) is 11.2. The Morgan fingerprint density at radius 1 is 1.15 bits per heavy atom. The highest BCUT2D eigenvalue weighted by molar-refractivity contribution is 14.0. The van der Waals surface area contributed by atoms with Crippen LogP contribution in [-0.4, -0.2) is 68.5 Å². The molecule has 33 heavy (non-hydrogen) atoms. The number of piperidine rings is 1. The SMILES string of the molecule is CN=C(NCc1ccccc1CN(C)Cc1ccco1)NC1CCN(CC(=O)NC)CC1.I. The van der Waals surface area contributed by atoms with Gasteiger partial charge >= 0.3 is 0 Å². The summed E-state index contributed by atoms with van der Waals surface area (Å²) >= 11 is 0. The number of nitrogens with one attached hydrogen (secondary N) is 3. The molecule has 1 aliphatic rings. The third kappa shape index (κ3) is 8.98. The molecule has 1 amide bonds. The number of hydrogen-bond donors (Lipinski definition) is 3. The Hall–Kier alpha value is -2.11. The molecule has 0 aliphatic carbocycles. The Kier molecular flexibility index (Phi) is 11.7. The van der Waals surface area contributed by atoms with Gasteiger partial charge in [-0.15, -0.1) is 24.0 Å². The molecule has 182 valence electrons. The molecule has 1 fully saturated rings. The van der Waals surface area contributed by atoms with E-state index in [1.54, 1.807) is 20.4 Å². The molecule has 1 aromatic heterocycles. The van der Waals surface area contributed by atoms with Gasteiger partial charge in [0.2, 0.25) is 5.91 Å². The fourth-order valence-electron chi connectivity index (χ4n) is 3.98. The van der Waals surface area contributed by atoms with E-state index >= 15 is 0 Å². The third-order valence-electron chi connectivity index (χ3n) is 5.81. The molecule has 0 bridgehead atoms. The monoisotopic (exact) mass is 568 g/mol. The number of halogens is 1. The Morgan fingerprint density at radius 3 is 2.52 bits per heavy atom. The van der Waals surface area contributed by atoms with Crippen molar-refractivity contribution in [1.29, 1.82) is 0 Å². The van der Waals surface area contributed by atoms with Crippen LogP contribution in [0.1, 0.15) is 29.7 Å². The maximum atomic E-state index is 11.6. The summed E-state index contributed by atoms with van der Waals surface area (Å²) < 4.78 is 5.47. The Morgan fingerprint density at radius 2 is 1.88 bits per heavy atom. The zero-order valence-corrected chi connectivity index (χ0v) is 22.2. The highest BCUT2D eigenvalue weighted by atomic mass is 127. The molecule has 1 aromatic carbocycles. The van der Waals surface area contributed by atoms with Crippen LogP contribution < -0.4 is 16.0 Å². The molecular formula is C24H37IN6O2. The number of aliphatic imine (C=N–C) groups is 1. The summed E-state index contributed by atoms with van der Waals surface area (Å²) in [5.74, 6) is 1.85. The number of guanidine groups is 1. The molecule has 0 saturated carbocycles. The van der Waals surface area contributed by atoms with Crippen LogP contribution in [0.2, 0.25) is 0 Å². The van der Waals surface area contributed by atoms with Crippen molar-refractivity contribution in [2.24, 2.45) is 4.99 Å². The van der Waals surface area contributed by atoms with Crippen molar-refractivity contribution < 1.29 is 9.21 Å². The second-order valence-electron chi connectivity index (χ2n) is 8.31. The summed E-state index contributed by atoms with van der Waals surface area (Å²) in [7, 11) is 5.59. The first-order chi connectivity index (χ1) is 15.6. The van der Waals surface area contributed by atoms with Gasteiger partial charge in [-0.3, -0.25) is 19.6 Å². The van der Waals surface area contributed by atoms with Gasteiger partial charge in [0.25, 0.3) is 0 Å².